The Labute approximate surface area is 42.1 Å². The van der Waals surface area contributed by atoms with Crippen LogP contribution in [-0.4, -0.2) is 23.8 Å². The van der Waals surface area contributed by atoms with Crippen molar-refractivity contribution in [2.24, 2.45) is 0 Å². The predicted octanol–water partition coefficient (Wildman–Crippen LogP) is -1.16. The van der Waals surface area contributed by atoms with Crippen LogP contribution in [0.3, 0.4) is 0 Å². The molecule has 0 radical (unpaired) electrons. The lowest BCUT2D eigenvalue weighted by molar-refractivity contribution is -0.191. The van der Waals surface area contributed by atoms with E-state index in [0.717, 1.165) is 7.11 Å². The minimum Gasteiger partial charge on any atom is -0.412 e. The van der Waals surface area contributed by atoms with Crippen molar-refractivity contribution in [1.82, 2.24) is 0 Å². The van der Waals surface area contributed by atoms with Crippen molar-refractivity contribution in [3.63, 3.8) is 0 Å². The van der Waals surface area contributed by atoms with Crippen LogP contribution >= 0.6 is 0 Å². The first kappa shape index (κ1) is 33.5. The third-order valence-electron chi connectivity index (χ3n) is 0. The highest BCUT2D eigenvalue weighted by atomic mass is 16.2. The van der Waals surface area contributed by atoms with E-state index in [1.165, 1.54) is 0 Å². The van der Waals surface area contributed by atoms with E-state index in [1.54, 1.807) is 0 Å². The summed E-state index contributed by atoms with van der Waals surface area (Å²) in [5, 5.41) is 7.00. The second-order valence-corrected chi connectivity index (χ2v) is 0.0833. The van der Waals surface area contributed by atoms with Crippen LogP contribution in [0.15, 0.2) is 0 Å². The monoisotopic (exact) mass is 110 g/mol. The Bertz CT molecular complexity index is 27.9. The Kier molecular flexibility index (Phi) is 5200. The molecule has 4 nitrogen and oxygen atoms in total. The van der Waals surface area contributed by atoms with Crippen LogP contribution in [0, 0.1) is 0 Å². The number of hydrogen-bond acceptors (Lipinski definition) is 3. The average Bonchev–Trinajstić information content (AvgIpc) is 1.46. The summed E-state index contributed by atoms with van der Waals surface area (Å²) in [6.45, 7) is 0. The van der Waals surface area contributed by atoms with Crippen LogP contribution in [0.25, 0.3) is 0 Å². The van der Waals surface area contributed by atoms with E-state index < -0.39 is 0 Å². The molecule has 0 amide bonds. The Balaban J connectivity index is -0.0000000105. The molecule has 46 valence electrons. The van der Waals surface area contributed by atoms with E-state index in [2.05, 4.69) is 0 Å². The maximum Gasteiger partial charge on any atom is 0.373 e. The zero-order valence-electron chi connectivity index (χ0n) is 3.26. The summed E-state index contributed by atoms with van der Waals surface area (Å²) in [6.07, 6.45) is 0.250. The fourth-order valence-electron chi connectivity index (χ4n) is 0. The lowest BCUT2D eigenvalue weighted by atomic mass is 11.8. The minimum atomic E-state index is 0. The minimum absolute atomic E-state index is 0. The highest BCUT2D eigenvalue weighted by molar-refractivity contribution is 5.20. The van der Waals surface area contributed by atoms with Gasteiger partial charge in [0.05, 0.1) is 0 Å². The van der Waals surface area contributed by atoms with E-state index in [0.29, 0.717) is 0 Å². The molecule has 0 rings (SSSR count). The number of hydrogen-bond donors (Lipinski definition) is 1. The Hall–Kier alpha value is -0.700. The second-order valence-electron chi connectivity index (χ2n) is 0.0833. The molecule has 0 bridgehead atoms. The molecule has 0 aliphatic carbocycles. The smallest absolute Gasteiger partial charge is 0.373 e. The van der Waals surface area contributed by atoms with Crippen molar-refractivity contribution in [3.05, 3.63) is 0 Å². The van der Waals surface area contributed by atoms with Gasteiger partial charge < -0.3 is 10.6 Å². The zero-order chi connectivity index (χ0) is 4.71. The molecule has 0 fully saturated rings. The standard InChI is InChI=1S/CO2.CH4O.CH4.H2O/c2-1-3;1-2;;/h;2H,1H3;1H4;1H2. The van der Waals surface area contributed by atoms with E-state index in [9.17, 15) is 0 Å². The first-order valence-corrected chi connectivity index (χ1v) is 0.855. The van der Waals surface area contributed by atoms with Gasteiger partial charge in [-0.25, -0.2) is 0 Å². The molecular formula is C3H10O4. The van der Waals surface area contributed by atoms with Crippen LogP contribution in [0.2, 0.25) is 0 Å². The molecule has 0 atom stereocenters. The van der Waals surface area contributed by atoms with Crippen LogP contribution in [0.4, 0.5) is 0 Å². The summed E-state index contributed by atoms with van der Waals surface area (Å²) in [5.41, 5.74) is 0. The van der Waals surface area contributed by atoms with Gasteiger partial charge in [0, 0.05) is 7.11 Å². The van der Waals surface area contributed by atoms with Crippen molar-refractivity contribution >= 4 is 6.15 Å². The first-order valence-electron chi connectivity index (χ1n) is 0.855. The Morgan fingerprint density at radius 2 is 1.29 bits per heavy atom. The average molecular weight is 110 g/mol. The summed E-state index contributed by atoms with van der Waals surface area (Å²) < 4.78 is 0. The predicted molar refractivity (Wildman–Crippen MR) is 23.5 cm³/mol. The molecule has 0 aromatic carbocycles. The molecule has 0 saturated carbocycles. The highest BCUT2D eigenvalue weighted by Gasteiger charge is 1.13. The van der Waals surface area contributed by atoms with Gasteiger partial charge in [-0.2, -0.15) is 9.59 Å². The van der Waals surface area contributed by atoms with Gasteiger partial charge >= 0.3 is 6.15 Å². The van der Waals surface area contributed by atoms with E-state index in [1.807, 2.05) is 0 Å². The number of rotatable bonds is 0. The van der Waals surface area contributed by atoms with E-state index in [4.69, 9.17) is 14.7 Å². The lowest BCUT2D eigenvalue weighted by Crippen LogP contribution is -1.25. The molecule has 3 N–H and O–H groups in total. The van der Waals surface area contributed by atoms with Crippen molar-refractivity contribution in [2.45, 2.75) is 7.43 Å². The molecular weight excluding hydrogens is 100 g/mol. The summed E-state index contributed by atoms with van der Waals surface area (Å²) >= 11 is 0. The lowest BCUT2D eigenvalue weighted by Gasteiger charge is -1.21. The van der Waals surface area contributed by atoms with Gasteiger partial charge in [-0.3, -0.25) is 0 Å². The summed E-state index contributed by atoms with van der Waals surface area (Å²) in [7, 11) is 1.00. The highest BCUT2D eigenvalue weighted by Crippen LogP contribution is 0.787. The zero-order valence-corrected chi connectivity index (χ0v) is 3.26. The molecule has 0 unspecified atom stereocenters. The molecule has 0 spiro atoms. The number of aliphatic hydroxyl groups is 1. The van der Waals surface area contributed by atoms with Crippen molar-refractivity contribution in [1.29, 1.82) is 0 Å². The molecule has 0 aliphatic heterocycles. The molecule has 0 aromatic heterocycles. The maximum absolute atomic E-state index is 8.12. The number of aliphatic hydroxyl groups excluding tert-OH is 1. The quantitative estimate of drug-likeness (QED) is 0.426. The van der Waals surface area contributed by atoms with E-state index in [-0.39, 0.29) is 19.1 Å². The van der Waals surface area contributed by atoms with E-state index >= 15 is 0 Å². The van der Waals surface area contributed by atoms with Gasteiger partial charge in [-0.1, -0.05) is 7.43 Å². The number of carbonyl (C=O) groups excluding carboxylic acids is 2. The van der Waals surface area contributed by atoms with Crippen LogP contribution in [0.1, 0.15) is 7.43 Å². The van der Waals surface area contributed by atoms with Crippen molar-refractivity contribution in [3.8, 4) is 0 Å². The van der Waals surface area contributed by atoms with Gasteiger partial charge in [0.25, 0.3) is 0 Å². The van der Waals surface area contributed by atoms with Gasteiger partial charge in [-0.15, -0.1) is 0 Å². The van der Waals surface area contributed by atoms with Crippen LogP contribution in [-0.2, 0) is 9.59 Å². The van der Waals surface area contributed by atoms with Gasteiger partial charge in [-0.05, 0) is 0 Å². The molecule has 4 heteroatoms. The normalized spacial score (nSPS) is 2.00. The largest absolute Gasteiger partial charge is 0.412 e. The SMILES string of the molecule is C.CO.O.O=C=O. The fourth-order valence-corrected chi connectivity index (χ4v) is 0. The maximum atomic E-state index is 8.12. The molecule has 0 heterocycles. The summed E-state index contributed by atoms with van der Waals surface area (Å²) in [5.74, 6) is 0. The Morgan fingerprint density at radius 3 is 1.29 bits per heavy atom. The summed E-state index contributed by atoms with van der Waals surface area (Å²) in [4.78, 5) is 16.2. The van der Waals surface area contributed by atoms with Crippen LogP contribution < -0.4 is 0 Å². The first-order chi connectivity index (χ1) is 2.41. The molecule has 0 aromatic rings. The third kappa shape index (κ3) is 118. The molecule has 0 aliphatic rings. The van der Waals surface area contributed by atoms with Gasteiger partial charge in [0.15, 0.2) is 0 Å². The topological polar surface area (TPSA) is 85.9 Å². The van der Waals surface area contributed by atoms with Gasteiger partial charge in [0.1, 0.15) is 0 Å². The molecule has 7 heavy (non-hydrogen) atoms. The Morgan fingerprint density at radius 1 is 1.29 bits per heavy atom. The van der Waals surface area contributed by atoms with Crippen molar-refractivity contribution in [2.75, 3.05) is 7.11 Å². The third-order valence-corrected chi connectivity index (χ3v) is 0. The van der Waals surface area contributed by atoms with Gasteiger partial charge in [0.2, 0.25) is 0 Å². The summed E-state index contributed by atoms with van der Waals surface area (Å²) in [6, 6.07) is 0. The van der Waals surface area contributed by atoms with Crippen LogP contribution in [0.5, 0.6) is 0 Å². The fraction of sp³-hybridized carbons (Fsp3) is 0.667. The van der Waals surface area contributed by atoms with Crippen molar-refractivity contribution < 1.29 is 20.2 Å². The molecule has 0 saturated heterocycles. The second kappa shape index (κ2) is 1090.